The van der Waals surface area contributed by atoms with E-state index in [1.165, 1.54) is 21.1 Å². The van der Waals surface area contributed by atoms with E-state index in [4.69, 9.17) is 9.72 Å². The van der Waals surface area contributed by atoms with Gasteiger partial charge in [0, 0.05) is 59.1 Å². The van der Waals surface area contributed by atoms with Gasteiger partial charge in [-0.05, 0) is 66.7 Å². The molecule has 11 nitrogen and oxygen atoms in total. The van der Waals surface area contributed by atoms with Crippen LogP contribution in [0.5, 0.6) is 5.75 Å². The van der Waals surface area contributed by atoms with Crippen LogP contribution in [0.1, 0.15) is 27.0 Å². The fourth-order valence-electron chi connectivity index (χ4n) is 6.20. The number of anilines is 3. The Morgan fingerprint density at radius 3 is 2.41 bits per heavy atom. The lowest BCUT2D eigenvalue weighted by Gasteiger charge is -2.32. The number of benzene rings is 4. The molecule has 1 unspecified atom stereocenters. The standard InChI is InChI=1S/C39H34N6O5S/c1-43(2)26-16-14-25(15-17-26)41-38(48)36(30-20-40-31-10-6-4-8-28(30)31)45(21-34-42-32(23-51-34)24-12-18-27(50-3)19-13-24)35(46)22-44-33-11-7-5-9-29(33)37(47)39(44)49/h4-20,23,36,40H,21-22H2,1-3H3,(H,41,48). The number of rotatable bonds is 11. The van der Waals surface area contributed by atoms with Crippen LogP contribution in [0.4, 0.5) is 17.1 Å². The van der Waals surface area contributed by atoms with Crippen molar-refractivity contribution in [1.82, 2.24) is 14.9 Å². The lowest BCUT2D eigenvalue weighted by molar-refractivity contribution is -0.139. The van der Waals surface area contributed by atoms with Gasteiger partial charge in [0.15, 0.2) is 0 Å². The maximum atomic E-state index is 14.7. The van der Waals surface area contributed by atoms with Crippen molar-refractivity contribution in [2.75, 3.05) is 42.9 Å². The van der Waals surface area contributed by atoms with Crippen LogP contribution in [-0.4, -0.2) is 66.1 Å². The van der Waals surface area contributed by atoms with Gasteiger partial charge in [0.2, 0.25) is 5.91 Å². The summed E-state index contributed by atoms with van der Waals surface area (Å²) in [7, 11) is 5.46. The third kappa shape index (κ3) is 6.56. The molecule has 256 valence electrons. The summed E-state index contributed by atoms with van der Waals surface area (Å²) in [6.07, 6.45) is 1.73. The number of aromatic amines is 1. The Morgan fingerprint density at radius 2 is 1.67 bits per heavy atom. The molecule has 6 aromatic rings. The van der Waals surface area contributed by atoms with Crippen LogP contribution in [0.3, 0.4) is 0 Å². The highest BCUT2D eigenvalue weighted by Gasteiger charge is 2.40. The van der Waals surface area contributed by atoms with Crippen molar-refractivity contribution in [1.29, 1.82) is 0 Å². The SMILES string of the molecule is COc1ccc(-c2csc(CN(C(=O)CN3C(=O)C(=O)c4ccccc43)C(C(=O)Nc3ccc(N(C)C)cc3)c3c[nH]c4ccccc34)n2)cc1. The molecule has 0 radical (unpaired) electrons. The van der Waals surface area contributed by atoms with Crippen LogP contribution < -0.4 is 19.9 Å². The topological polar surface area (TPSA) is 128 Å². The van der Waals surface area contributed by atoms with E-state index in [-0.39, 0.29) is 12.1 Å². The minimum atomic E-state index is -1.15. The number of ether oxygens (including phenoxy) is 1. The molecule has 0 aliphatic carbocycles. The van der Waals surface area contributed by atoms with Crippen LogP contribution in [0.2, 0.25) is 0 Å². The second kappa shape index (κ2) is 13.9. The summed E-state index contributed by atoms with van der Waals surface area (Å²) in [6, 6.07) is 27.9. The highest BCUT2D eigenvalue weighted by atomic mass is 32.1. The van der Waals surface area contributed by atoms with Gasteiger partial charge in [0.05, 0.1) is 30.6 Å². The first-order chi connectivity index (χ1) is 24.7. The number of hydrogen-bond donors (Lipinski definition) is 2. The number of carbonyl (C=O) groups excluding carboxylic acids is 4. The molecule has 0 saturated heterocycles. The van der Waals surface area contributed by atoms with E-state index < -0.39 is 36.1 Å². The number of Topliss-reactive ketones (excluding diaryl/α,β-unsaturated/α-hetero) is 1. The normalized spacial score (nSPS) is 12.9. The van der Waals surface area contributed by atoms with Gasteiger partial charge in [-0.3, -0.25) is 24.1 Å². The first kappa shape index (κ1) is 33.2. The van der Waals surface area contributed by atoms with E-state index in [0.717, 1.165) is 22.2 Å². The summed E-state index contributed by atoms with van der Waals surface area (Å²) >= 11 is 1.36. The molecule has 12 heteroatoms. The van der Waals surface area contributed by atoms with Gasteiger partial charge >= 0.3 is 0 Å². The van der Waals surface area contributed by atoms with Crippen molar-refractivity contribution in [3.05, 3.63) is 125 Å². The Hall–Kier alpha value is -6.27. The zero-order valence-corrected chi connectivity index (χ0v) is 28.9. The Labute approximate surface area is 298 Å². The van der Waals surface area contributed by atoms with Gasteiger partial charge in [-0.25, -0.2) is 4.98 Å². The highest BCUT2D eigenvalue weighted by molar-refractivity contribution is 7.09. The molecule has 4 aromatic carbocycles. The van der Waals surface area contributed by atoms with Crippen molar-refractivity contribution in [2.45, 2.75) is 12.6 Å². The molecule has 0 fully saturated rings. The number of para-hydroxylation sites is 2. The summed E-state index contributed by atoms with van der Waals surface area (Å²) < 4.78 is 5.30. The number of thiazole rings is 1. The van der Waals surface area contributed by atoms with E-state index in [0.29, 0.717) is 33.4 Å². The number of fused-ring (bicyclic) bond motifs is 2. The van der Waals surface area contributed by atoms with Gasteiger partial charge in [-0.2, -0.15) is 0 Å². The Morgan fingerprint density at radius 1 is 0.941 bits per heavy atom. The number of H-pyrrole nitrogens is 1. The number of nitrogens with zero attached hydrogens (tertiary/aromatic N) is 4. The summed E-state index contributed by atoms with van der Waals surface area (Å²) in [6.45, 7) is -0.504. The van der Waals surface area contributed by atoms with E-state index >= 15 is 0 Å². The van der Waals surface area contributed by atoms with E-state index in [1.54, 1.807) is 49.7 Å². The fourth-order valence-corrected chi connectivity index (χ4v) is 7.00. The lowest BCUT2D eigenvalue weighted by atomic mass is 10.0. The van der Waals surface area contributed by atoms with Crippen molar-refractivity contribution in [3.63, 3.8) is 0 Å². The van der Waals surface area contributed by atoms with Gasteiger partial charge in [-0.1, -0.05) is 30.3 Å². The maximum Gasteiger partial charge on any atom is 0.299 e. The smallest absolute Gasteiger partial charge is 0.299 e. The number of aromatic nitrogens is 2. The Kier molecular flexibility index (Phi) is 9.07. The zero-order valence-electron chi connectivity index (χ0n) is 28.1. The second-order valence-corrected chi connectivity index (χ2v) is 13.2. The minimum absolute atomic E-state index is 0.0472. The van der Waals surface area contributed by atoms with Crippen molar-refractivity contribution in [3.8, 4) is 17.0 Å². The van der Waals surface area contributed by atoms with E-state index in [1.807, 2.05) is 85.0 Å². The van der Waals surface area contributed by atoms with E-state index in [9.17, 15) is 19.2 Å². The average molecular weight is 699 g/mol. The first-order valence-electron chi connectivity index (χ1n) is 16.2. The average Bonchev–Trinajstić information content (AvgIpc) is 3.86. The zero-order chi connectivity index (χ0) is 35.6. The maximum absolute atomic E-state index is 14.7. The molecular formula is C39H34N6O5S. The molecule has 1 atom stereocenters. The Balaban J connectivity index is 1.30. The molecule has 0 bridgehead atoms. The molecule has 1 aliphatic heterocycles. The van der Waals surface area contributed by atoms with Crippen molar-refractivity contribution >= 4 is 62.8 Å². The van der Waals surface area contributed by atoms with Crippen LogP contribution in [-0.2, 0) is 20.9 Å². The largest absolute Gasteiger partial charge is 0.497 e. The van der Waals surface area contributed by atoms with Crippen LogP contribution in [0.15, 0.2) is 109 Å². The van der Waals surface area contributed by atoms with Crippen LogP contribution in [0.25, 0.3) is 22.2 Å². The quantitative estimate of drug-likeness (QED) is 0.152. The van der Waals surface area contributed by atoms with Crippen molar-refractivity contribution < 1.29 is 23.9 Å². The van der Waals surface area contributed by atoms with Gasteiger partial charge in [0.25, 0.3) is 17.6 Å². The number of amides is 3. The number of nitrogens with one attached hydrogen (secondary N) is 2. The molecule has 7 rings (SSSR count). The highest BCUT2D eigenvalue weighted by Crippen LogP contribution is 2.34. The molecule has 2 N–H and O–H groups in total. The predicted octanol–water partition coefficient (Wildman–Crippen LogP) is 6.30. The third-order valence-electron chi connectivity index (χ3n) is 8.86. The minimum Gasteiger partial charge on any atom is -0.497 e. The second-order valence-electron chi connectivity index (χ2n) is 12.2. The predicted molar refractivity (Wildman–Crippen MR) is 198 cm³/mol. The molecule has 0 spiro atoms. The molecule has 0 saturated carbocycles. The third-order valence-corrected chi connectivity index (χ3v) is 9.70. The van der Waals surface area contributed by atoms with Gasteiger partial charge in [0.1, 0.15) is 23.3 Å². The number of methoxy groups -OCH3 is 1. The van der Waals surface area contributed by atoms with Gasteiger partial charge < -0.3 is 24.8 Å². The van der Waals surface area contributed by atoms with Crippen LogP contribution in [0, 0.1) is 0 Å². The Bertz CT molecular complexity index is 2260. The molecular weight excluding hydrogens is 665 g/mol. The number of hydrogen-bond acceptors (Lipinski definition) is 8. The molecule has 3 amide bonds. The summed E-state index contributed by atoms with van der Waals surface area (Å²) in [5.74, 6) is -1.76. The lowest BCUT2D eigenvalue weighted by Crippen LogP contribution is -2.46. The van der Waals surface area contributed by atoms with E-state index in [2.05, 4.69) is 10.3 Å². The van der Waals surface area contributed by atoms with Gasteiger partial charge in [-0.15, -0.1) is 11.3 Å². The van der Waals surface area contributed by atoms with Crippen molar-refractivity contribution in [2.24, 2.45) is 0 Å². The summed E-state index contributed by atoms with van der Waals surface area (Å²) in [5, 5.41) is 6.25. The first-order valence-corrected chi connectivity index (χ1v) is 17.1. The summed E-state index contributed by atoms with van der Waals surface area (Å²) in [4.78, 5) is 68.0. The number of ketones is 1. The fraction of sp³-hybridized carbons (Fsp3) is 0.154. The monoisotopic (exact) mass is 698 g/mol. The number of carbonyl (C=O) groups is 4. The molecule has 1 aliphatic rings. The molecule has 51 heavy (non-hydrogen) atoms. The summed E-state index contributed by atoms with van der Waals surface area (Å²) in [5.41, 5.74) is 5.02. The van der Waals surface area contributed by atoms with Crippen LogP contribution >= 0.6 is 11.3 Å². The molecule has 2 aromatic heterocycles. The molecule has 3 heterocycles.